The Balaban J connectivity index is 2.23. The lowest BCUT2D eigenvalue weighted by atomic mass is 10.3. The van der Waals surface area contributed by atoms with Crippen LogP contribution in [0.25, 0.3) is 0 Å². The molecular formula is C9H8FN3O2. The number of imide groups is 1. The molecule has 3 amide bonds. The number of hydrogen-bond donors (Lipinski definition) is 2. The van der Waals surface area contributed by atoms with Gasteiger partial charge in [-0.3, -0.25) is 15.1 Å². The van der Waals surface area contributed by atoms with Gasteiger partial charge in [0.05, 0.1) is 5.69 Å². The number of anilines is 1. The Morgan fingerprint density at radius 1 is 1.33 bits per heavy atom. The molecular weight excluding hydrogens is 201 g/mol. The molecule has 0 atom stereocenters. The molecule has 1 saturated heterocycles. The van der Waals surface area contributed by atoms with E-state index >= 15 is 0 Å². The van der Waals surface area contributed by atoms with Crippen LogP contribution in [0.3, 0.4) is 0 Å². The first kappa shape index (κ1) is 9.45. The summed E-state index contributed by atoms with van der Waals surface area (Å²) in [6.45, 7) is -0.0325. The number of rotatable bonds is 1. The van der Waals surface area contributed by atoms with Crippen molar-refractivity contribution in [3.05, 3.63) is 30.1 Å². The van der Waals surface area contributed by atoms with Gasteiger partial charge in [-0.15, -0.1) is 0 Å². The Morgan fingerprint density at radius 2 is 2.13 bits per heavy atom. The summed E-state index contributed by atoms with van der Waals surface area (Å²) in [6.07, 6.45) is 0. The lowest BCUT2D eigenvalue weighted by Crippen LogP contribution is -2.59. The van der Waals surface area contributed by atoms with Gasteiger partial charge in [-0.25, -0.2) is 14.6 Å². The van der Waals surface area contributed by atoms with Crippen molar-refractivity contribution < 1.29 is 14.0 Å². The number of halogens is 1. The Kier molecular flexibility index (Phi) is 2.24. The summed E-state index contributed by atoms with van der Waals surface area (Å²) in [5.74, 6) is -0.851. The third-order valence-corrected chi connectivity index (χ3v) is 1.91. The van der Waals surface area contributed by atoms with E-state index in [1.165, 1.54) is 23.2 Å². The highest BCUT2D eigenvalue weighted by molar-refractivity contribution is 6.00. The fourth-order valence-electron chi connectivity index (χ4n) is 1.30. The van der Waals surface area contributed by atoms with Gasteiger partial charge in [-0.05, 0) is 18.2 Å². The molecule has 0 aromatic heterocycles. The van der Waals surface area contributed by atoms with Crippen LogP contribution >= 0.6 is 0 Å². The second kappa shape index (κ2) is 3.56. The van der Waals surface area contributed by atoms with Gasteiger partial charge in [0.15, 0.2) is 0 Å². The van der Waals surface area contributed by atoms with Crippen molar-refractivity contribution in [2.45, 2.75) is 0 Å². The third kappa shape index (κ3) is 2.04. The quantitative estimate of drug-likeness (QED) is 0.703. The van der Waals surface area contributed by atoms with E-state index in [2.05, 4.69) is 10.7 Å². The Bertz CT molecular complexity index is 406. The zero-order valence-corrected chi connectivity index (χ0v) is 7.66. The predicted octanol–water partition coefficient (Wildman–Crippen LogP) is 0.386. The molecule has 1 heterocycles. The summed E-state index contributed by atoms with van der Waals surface area (Å²) >= 11 is 0. The molecule has 2 rings (SSSR count). The number of nitrogens with zero attached hydrogens (tertiary/aromatic N) is 1. The molecule has 2 N–H and O–H groups in total. The maximum atomic E-state index is 12.9. The van der Waals surface area contributed by atoms with Gasteiger partial charge in [-0.2, -0.15) is 0 Å². The van der Waals surface area contributed by atoms with Crippen LogP contribution in [0, 0.1) is 5.82 Å². The molecule has 0 saturated carbocycles. The van der Waals surface area contributed by atoms with E-state index in [1.807, 2.05) is 0 Å². The number of benzene rings is 1. The van der Waals surface area contributed by atoms with Crippen LogP contribution in [-0.2, 0) is 4.79 Å². The summed E-state index contributed by atoms with van der Waals surface area (Å²) in [6, 6.07) is 5.01. The van der Waals surface area contributed by atoms with Crippen LogP contribution in [0.1, 0.15) is 0 Å². The lowest BCUT2D eigenvalue weighted by molar-refractivity contribution is -0.119. The number of urea groups is 1. The van der Waals surface area contributed by atoms with Gasteiger partial charge in [0.2, 0.25) is 5.91 Å². The highest BCUT2D eigenvalue weighted by Gasteiger charge is 2.21. The van der Waals surface area contributed by atoms with Crippen LogP contribution < -0.4 is 15.8 Å². The Hall–Kier alpha value is -2.11. The van der Waals surface area contributed by atoms with Gasteiger partial charge in [0.1, 0.15) is 12.4 Å². The van der Waals surface area contributed by atoms with Crippen LogP contribution in [0.2, 0.25) is 0 Å². The Labute approximate surface area is 84.8 Å². The van der Waals surface area contributed by atoms with Gasteiger partial charge >= 0.3 is 6.03 Å². The minimum Gasteiger partial charge on any atom is -0.275 e. The molecule has 15 heavy (non-hydrogen) atoms. The van der Waals surface area contributed by atoms with Crippen molar-refractivity contribution in [3.63, 3.8) is 0 Å². The highest BCUT2D eigenvalue weighted by atomic mass is 19.1. The minimum absolute atomic E-state index is 0.0325. The first-order valence-electron chi connectivity index (χ1n) is 4.29. The molecule has 0 unspecified atom stereocenters. The van der Waals surface area contributed by atoms with Crippen LogP contribution in [0.5, 0.6) is 0 Å². The predicted molar refractivity (Wildman–Crippen MR) is 50.4 cm³/mol. The SMILES string of the molecule is O=C1CN(c2cccc(F)c2)NC(=O)N1. The highest BCUT2D eigenvalue weighted by Crippen LogP contribution is 2.14. The monoisotopic (exact) mass is 209 g/mol. The fourth-order valence-corrected chi connectivity index (χ4v) is 1.30. The Morgan fingerprint density at radius 3 is 2.80 bits per heavy atom. The number of carbonyl (C=O) groups excluding carboxylic acids is 2. The second-order valence-electron chi connectivity index (χ2n) is 3.06. The zero-order chi connectivity index (χ0) is 10.8. The summed E-state index contributed by atoms with van der Waals surface area (Å²) in [4.78, 5) is 22.0. The zero-order valence-electron chi connectivity index (χ0n) is 7.66. The lowest BCUT2D eigenvalue weighted by Gasteiger charge is -2.28. The number of hydrazine groups is 1. The summed E-state index contributed by atoms with van der Waals surface area (Å²) in [5, 5.41) is 3.35. The second-order valence-corrected chi connectivity index (χ2v) is 3.06. The van der Waals surface area contributed by atoms with Crippen molar-refractivity contribution in [3.8, 4) is 0 Å². The smallest absolute Gasteiger partial charge is 0.275 e. The summed E-state index contributed by atoms with van der Waals surface area (Å²) in [5.41, 5.74) is 2.81. The normalized spacial score (nSPS) is 15.9. The van der Waals surface area contributed by atoms with E-state index in [0.29, 0.717) is 5.69 Å². The molecule has 1 aliphatic rings. The molecule has 0 bridgehead atoms. The van der Waals surface area contributed by atoms with Crippen molar-refractivity contribution in [1.29, 1.82) is 0 Å². The summed E-state index contributed by atoms with van der Waals surface area (Å²) < 4.78 is 12.9. The average molecular weight is 209 g/mol. The van der Waals surface area contributed by atoms with Crippen molar-refractivity contribution >= 4 is 17.6 Å². The third-order valence-electron chi connectivity index (χ3n) is 1.91. The number of carbonyl (C=O) groups is 2. The van der Waals surface area contributed by atoms with E-state index < -0.39 is 17.8 Å². The minimum atomic E-state index is -0.615. The fraction of sp³-hybridized carbons (Fsp3) is 0.111. The maximum Gasteiger partial charge on any atom is 0.340 e. The first-order chi connectivity index (χ1) is 7.15. The molecule has 6 heteroatoms. The van der Waals surface area contributed by atoms with Gasteiger partial charge < -0.3 is 0 Å². The molecule has 1 aromatic rings. The van der Waals surface area contributed by atoms with Gasteiger partial charge in [0, 0.05) is 0 Å². The number of amides is 3. The van der Waals surface area contributed by atoms with Crippen molar-refractivity contribution in [1.82, 2.24) is 10.7 Å². The topological polar surface area (TPSA) is 61.4 Å². The maximum absolute atomic E-state index is 12.9. The van der Waals surface area contributed by atoms with Crippen LogP contribution in [-0.4, -0.2) is 18.5 Å². The van der Waals surface area contributed by atoms with Crippen LogP contribution in [0.15, 0.2) is 24.3 Å². The standard InChI is InChI=1S/C9H8FN3O2/c10-6-2-1-3-7(4-6)13-5-8(14)11-9(15)12-13/h1-4H,5H2,(H2,11,12,14,15). The molecule has 0 aliphatic carbocycles. The molecule has 0 spiro atoms. The molecule has 0 radical (unpaired) electrons. The van der Waals surface area contributed by atoms with E-state index in [0.717, 1.165) is 0 Å². The van der Waals surface area contributed by atoms with E-state index in [9.17, 15) is 14.0 Å². The number of hydrogen-bond acceptors (Lipinski definition) is 3. The average Bonchev–Trinajstić information content (AvgIpc) is 2.16. The first-order valence-corrected chi connectivity index (χ1v) is 4.29. The molecule has 5 nitrogen and oxygen atoms in total. The molecule has 1 aromatic carbocycles. The van der Waals surface area contributed by atoms with Crippen LogP contribution in [0.4, 0.5) is 14.9 Å². The van der Waals surface area contributed by atoms with Gasteiger partial charge in [-0.1, -0.05) is 6.07 Å². The molecule has 1 fully saturated rings. The van der Waals surface area contributed by atoms with E-state index in [-0.39, 0.29) is 6.54 Å². The molecule has 1 aliphatic heterocycles. The summed E-state index contributed by atoms with van der Waals surface area (Å²) in [7, 11) is 0. The van der Waals surface area contributed by atoms with Crippen molar-refractivity contribution in [2.75, 3.05) is 11.6 Å². The molecule has 78 valence electrons. The van der Waals surface area contributed by atoms with Crippen molar-refractivity contribution in [2.24, 2.45) is 0 Å². The number of nitrogens with one attached hydrogen (secondary N) is 2. The van der Waals surface area contributed by atoms with Gasteiger partial charge in [0.25, 0.3) is 0 Å². The largest absolute Gasteiger partial charge is 0.340 e. The van der Waals surface area contributed by atoms with E-state index in [4.69, 9.17) is 0 Å². The van der Waals surface area contributed by atoms with E-state index in [1.54, 1.807) is 6.07 Å².